The van der Waals surface area contributed by atoms with Gasteiger partial charge in [-0.15, -0.1) is 0 Å². The smallest absolute Gasteiger partial charge is 0.0107 e. The van der Waals surface area contributed by atoms with E-state index in [4.69, 9.17) is 0 Å². The van der Waals surface area contributed by atoms with Crippen molar-refractivity contribution in [2.75, 3.05) is 19.6 Å². The lowest BCUT2D eigenvalue weighted by atomic mass is 9.84. The fourth-order valence-electron chi connectivity index (χ4n) is 3.39. The molecule has 2 aliphatic carbocycles. The molecule has 0 saturated heterocycles. The molecule has 0 heterocycles. The highest BCUT2D eigenvalue weighted by Crippen LogP contribution is 2.32. The van der Waals surface area contributed by atoms with Crippen molar-refractivity contribution >= 4 is 0 Å². The maximum Gasteiger partial charge on any atom is 0.0107 e. The molecule has 0 bridgehead atoms. The average Bonchev–Trinajstić information content (AvgIpc) is 3.15. The topological polar surface area (TPSA) is 15.3 Å². The minimum Gasteiger partial charge on any atom is -0.314 e. The monoisotopic (exact) mass is 252 g/mol. The molecule has 2 rings (SSSR count). The zero-order chi connectivity index (χ0) is 13.0. The van der Waals surface area contributed by atoms with Crippen molar-refractivity contribution in [1.29, 1.82) is 0 Å². The van der Waals surface area contributed by atoms with Gasteiger partial charge in [0.2, 0.25) is 0 Å². The quantitative estimate of drug-likeness (QED) is 0.748. The zero-order valence-corrected chi connectivity index (χ0v) is 12.6. The number of nitrogens with one attached hydrogen (secondary N) is 1. The Morgan fingerprint density at radius 2 is 1.78 bits per heavy atom. The van der Waals surface area contributed by atoms with Gasteiger partial charge in [-0.2, -0.15) is 0 Å². The molecule has 2 aliphatic rings. The van der Waals surface area contributed by atoms with Crippen molar-refractivity contribution in [1.82, 2.24) is 10.2 Å². The molecule has 1 N–H and O–H groups in total. The van der Waals surface area contributed by atoms with E-state index in [2.05, 4.69) is 31.0 Å². The summed E-state index contributed by atoms with van der Waals surface area (Å²) in [4.78, 5) is 2.75. The summed E-state index contributed by atoms with van der Waals surface area (Å²) < 4.78 is 0. The number of hydrogen-bond donors (Lipinski definition) is 1. The number of hydrogen-bond acceptors (Lipinski definition) is 2. The van der Waals surface area contributed by atoms with Crippen molar-refractivity contribution in [3.05, 3.63) is 0 Å². The van der Waals surface area contributed by atoms with Gasteiger partial charge < -0.3 is 10.2 Å². The van der Waals surface area contributed by atoms with E-state index >= 15 is 0 Å². The van der Waals surface area contributed by atoms with Gasteiger partial charge in [0, 0.05) is 25.2 Å². The predicted octanol–water partition coefficient (Wildman–Crippen LogP) is 3.28. The van der Waals surface area contributed by atoms with E-state index in [0.29, 0.717) is 0 Å². The van der Waals surface area contributed by atoms with E-state index in [-0.39, 0.29) is 0 Å². The summed E-state index contributed by atoms with van der Waals surface area (Å²) in [6, 6.07) is 1.50. The molecule has 0 aromatic carbocycles. The van der Waals surface area contributed by atoms with Crippen LogP contribution in [-0.4, -0.2) is 36.6 Å². The predicted molar refractivity (Wildman–Crippen MR) is 78.9 cm³/mol. The normalized spacial score (nSPS) is 29.2. The van der Waals surface area contributed by atoms with Crippen LogP contribution in [0.1, 0.15) is 59.3 Å². The van der Waals surface area contributed by atoms with E-state index in [9.17, 15) is 0 Å². The summed E-state index contributed by atoms with van der Waals surface area (Å²) in [6.45, 7) is 10.8. The van der Waals surface area contributed by atoms with Crippen LogP contribution in [0.25, 0.3) is 0 Å². The highest BCUT2D eigenvalue weighted by Gasteiger charge is 2.30. The largest absolute Gasteiger partial charge is 0.314 e. The second kappa shape index (κ2) is 6.91. The Morgan fingerprint density at radius 3 is 2.39 bits per heavy atom. The molecule has 0 radical (unpaired) electrons. The summed E-state index contributed by atoms with van der Waals surface area (Å²) in [5.74, 6) is 1.91. The summed E-state index contributed by atoms with van der Waals surface area (Å²) in [5, 5.41) is 3.72. The third-order valence-electron chi connectivity index (χ3n) is 4.76. The molecule has 0 spiro atoms. The van der Waals surface area contributed by atoms with Gasteiger partial charge in [-0.3, -0.25) is 0 Å². The second-order valence-corrected chi connectivity index (χ2v) is 6.70. The van der Waals surface area contributed by atoms with Crippen LogP contribution in [0.5, 0.6) is 0 Å². The highest BCUT2D eigenvalue weighted by atomic mass is 15.2. The lowest BCUT2D eigenvalue weighted by molar-refractivity contribution is 0.137. The molecule has 2 fully saturated rings. The Bertz CT molecular complexity index is 233. The molecule has 0 aliphatic heterocycles. The Morgan fingerprint density at radius 1 is 1.06 bits per heavy atom. The molecule has 0 aromatic heterocycles. The molecule has 0 aromatic rings. The average molecular weight is 252 g/mol. The maximum absolute atomic E-state index is 3.72. The van der Waals surface area contributed by atoms with Crippen molar-refractivity contribution in [3.8, 4) is 0 Å². The first-order chi connectivity index (χ1) is 8.70. The lowest BCUT2D eigenvalue weighted by Gasteiger charge is -2.37. The summed E-state index contributed by atoms with van der Waals surface area (Å²) >= 11 is 0. The molecular weight excluding hydrogens is 220 g/mol. The van der Waals surface area contributed by atoms with E-state index in [1.807, 2.05) is 0 Å². The molecule has 2 atom stereocenters. The molecule has 0 amide bonds. The highest BCUT2D eigenvalue weighted by molar-refractivity contribution is 4.86. The van der Waals surface area contributed by atoms with Gasteiger partial charge in [-0.05, 0) is 57.9 Å². The first kappa shape index (κ1) is 14.3. The molecular formula is C16H32N2. The van der Waals surface area contributed by atoms with Gasteiger partial charge in [0.05, 0.1) is 0 Å². The van der Waals surface area contributed by atoms with E-state index < -0.39 is 0 Å². The van der Waals surface area contributed by atoms with Crippen LogP contribution in [0.15, 0.2) is 0 Å². The lowest BCUT2D eigenvalue weighted by Crippen LogP contribution is -2.46. The molecule has 18 heavy (non-hydrogen) atoms. The molecule has 2 unspecified atom stereocenters. The Labute approximate surface area is 114 Å². The van der Waals surface area contributed by atoms with Crippen LogP contribution >= 0.6 is 0 Å². The first-order valence-corrected chi connectivity index (χ1v) is 8.18. The van der Waals surface area contributed by atoms with Gasteiger partial charge >= 0.3 is 0 Å². The Hall–Kier alpha value is -0.0800. The zero-order valence-electron chi connectivity index (χ0n) is 12.6. The maximum atomic E-state index is 3.72. The summed E-state index contributed by atoms with van der Waals surface area (Å²) in [6.07, 6.45) is 8.66. The first-order valence-electron chi connectivity index (χ1n) is 8.18. The Kier molecular flexibility index (Phi) is 5.50. The van der Waals surface area contributed by atoms with Crippen LogP contribution in [0.4, 0.5) is 0 Å². The van der Waals surface area contributed by atoms with E-state index in [0.717, 1.165) is 30.5 Å². The van der Waals surface area contributed by atoms with E-state index in [1.165, 1.54) is 51.6 Å². The van der Waals surface area contributed by atoms with Crippen molar-refractivity contribution in [2.24, 2.45) is 11.8 Å². The summed E-state index contributed by atoms with van der Waals surface area (Å²) in [7, 11) is 0. The van der Waals surface area contributed by atoms with E-state index in [1.54, 1.807) is 0 Å². The minimum atomic E-state index is 0.717. The molecule has 2 saturated carbocycles. The number of rotatable bonds is 7. The standard InChI is InChI=1S/C16H32N2/c1-4-17-16-8-6-5-7-15(16)12-18(13(2)3)11-14-9-10-14/h13-17H,4-12H2,1-3H3. The third kappa shape index (κ3) is 4.24. The van der Waals surface area contributed by atoms with Gasteiger partial charge in [0.1, 0.15) is 0 Å². The van der Waals surface area contributed by atoms with Gasteiger partial charge in [0.25, 0.3) is 0 Å². The third-order valence-corrected chi connectivity index (χ3v) is 4.76. The van der Waals surface area contributed by atoms with Crippen LogP contribution in [0.2, 0.25) is 0 Å². The minimum absolute atomic E-state index is 0.717. The fourth-order valence-corrected chi connectivity index (χ4v) is 3.39. The molecule has 2 nitrogen and oxygen atoms in total. The van der Waals surface area contributed by atoms with Crippen molar-refractivity contribution in [3.63, 3.8) is 0 Å². The SMILES string of the molecule is CCNC1CCCCC1CN(CC1CC1)C(C)C. The van der Waals surface area contributed by atoms with Crippen LogP contribution < -0.4 is 5.32 Å². The van der Waals surface area contributed by atoms with Crippen molar-refractivity contribution < 1.29 is 0 Å². The Balaban J connectivity index is 1.85. The van der Waals surface area contributed by atoms with Crippen molar-refractivity contribution in [2.45, 2.75) is 71.4 Å². The van der Waals surface area contributed by atoms with Crippen LogP contribution in [-0.2, 0) is 0 Å². The van der Waals surface area contributed by atoms with Gasteiger partial charge in [-0.1, -0.05) is 19.8 Å². The molecule has 106 valence electrons. The van der Waals surface area contributed by atoms with Gasteiger partial charge in [-0.25, -0.2) is 0 Å². The number of nitrogens with zero attached hydrogens (tertiary/aromatic N) is 1. The molecule has 2 heteroatoms. The van der Waals surface area contributed by atoms with Crippen LogP contribution in [0, 0.1) is 11.8 Å². The second-order valence-electron chi connectivity index (χ2n) is 6.70. The summed E-state index contributed by atoms with van der Waals surface area (Å²) in [5.41, 5.74) is 0. The van der Waals surface area contributed by atoms with Gasteiger partial charge in [0.15, 0.2) is 0 Å². The fraction of sp³-hybridized carbons (Fsp3) is 1.00. The van der Waals surface area contributed by atoms with Crippen LogP contribution in [0.3, 0.4) is 0 Å².